The van der Waals surface area contributed by atoms with Gasteiger partial charge in [-0.05, 0) is 54.7 Å². The lowest BCUT2D eigenvalue weighted by Gasteiger charge is -2.27. The van der Waals surface area contributed by atoms with Gasteiger partial charge in [0.15, 0.2) is 0 Å². The molecule has 1 saturated heterocycles. The SMILES string of the molecule is CCN1C(=O)/C(=c2\s/c(=C/c3ccc4c(c3)C3CCCC3N4Cc3ccccc3)c(=O)n2C(=O)O)SC1=S. The van der Waals surface area contributed by atoms with Gasteiger partial charge in [0.1, 0.15) is 13.9 Å². The molecular weight excluding hydrogens is 539 g/mol. The Morgan fingerprint density at radius 1 is 1.16 bits per heavy atom. The van der Waals surface area contributed by atoms with E-state index in [2.05, 4.69) is 41.3 Å². The quantitative estimate of drug-likeness (QED) is 0.482. The van der Waals surface area contributed by atoms with E-state index in [9.17, 15) is 19.5 Å². The number of amides is 1. The number of carboxylic acid groups (broad SMARTS) is 1. The predicted molar refractivity (Wildman–Crippen MR) is 155 cm³/mol. The van der Waals surface area contributed by atoms with E-state index < -0.39 is 11.7 Å². The Kier molecular flexibility index (Phi) is 6.49. The first-order valence-electron chi connectivity index (χ1n) is 12.6. The third-order valence-corrected chi connectivity index (χ3v) is 10.2. The molecule has 2 atom stereocenters. The van der Waals surface area contributed by atoms with E-state index in [1.54, 1.807) is 13.0 Å². The summed E-state index contributed by atoms with van der Waals surface area (Å²) in [7, 11) is 0. The lowest BCUT2D eigenvalue weighted by atomic mass is 9.96. The maximum Gasteiger partial charge on any atom is 0.419 e. The molecule has 1 aliphatic carbocycles. The number of thiocarbonyl (C=S) groups is 1. The summed E-state index contributed by atoms with van der Waals surface area (Å²) in [4.78, 5) is 42.2. The minimum Gasteiger partial charge on any atom is -0.464 e. The zero-order valence-electron chi connectivity index (χ0n) is 20.6. The van der Waals surface area contributed by atoms with Crippen LogP contribution in [0, 0.1) is 0 Å². The highest BCUT2D eigenvalue weighted by molar-refractivity contribution is 8.30. The molecule has 2 aliphatic heterocycles. The maximum atomic E-state index is 13.2. The van der Waals surface area contributed by atoms with Crippen molar-refractivity contribution in [1.29, 1.82) is 0 Å². The Labute approximate surface area is 232 Å². The molecule has 194 valence electrons. The van der Waals surface area contributed by atoms with E-state index in [0.717, 1.165) is 48.0 Å². The van der Waals surface area contributed by atoms with Crippen molar-refractivity contribution in [3.63, 3.8) is 0 Å². The van der Waals surface area contributed by atoms with Crippen LogP contribution in [0.1, 0.15) is 48.8 Å². The highest BCUT2D eigenvalue weighted by Crippen LogP contribution is 2.50. The van der Waals surface area contributed by atoms with Gasteiger partial charge in [0.25, 0.3) is 11.5 Å². The summed E-state index contributed by atoms with van der Waals surface area (Å²) in [6, 6.07) is 17.2. The lowest BCUT2D eigenvalue weighted by molar-refractivity contribution is -0.120. The third kappa shape index (κ3) is 4.11. The number of fused-ring (bicyclic) bond motifs is 3. The number of rotatable bonds is 4. The summed E-state index contributed by atoms with van der Waals surface area (Å²) in [6.07, 6.45) is 3.80. The van der Waals surface area contributed by atoms with E-state index in [1.165, 1.54) is 28.1 Å². The number of anilines is 1. The van der Waals surface area contributed by atoms with Crippen LogP contribution >= 0.6 is 35.3 Å². The molecule has 38 heavy (non-hydrogen) atoms. The standard InChI is InChI=1S/C28H25N3O4S3/c1-2-29-25(33)23(38-28(29)36)26-31(27(34)35)24(32)22(37-26)14-17-11-12-21-19(13-17)18-9-6-10-20(18)30(21)15-16-7-4-3-5-8-16/h3-5,7-8,11-14,18,20H,2,6,9-10,15H2,1H3,(H,34,35)/b22-14+,26-23+. The largest absolute Gasteiger partial charge is 0.464 e. The average Bonchev–Trinajstić information content (AvgIpc) is 3.64. The molecule has 2 unspecified atom stereocenters. The summed E-state index contributed by atoms with van der Waals surface area (Å²) in [6.45, 7) is 3.04. The third-order valence-electron chi connectivity index (χ3n) is 7.51. The molecule has 10 heteroatoms. The normalized spacial score (nSPS) is 22.4. The molecule has 0 bridgehead atoms. The highest BCUT2D eigenvalue weighted by Gasteiger charge is 2.41. The fourth-order valence-electron chi connectivity index (χ4n) is 5.82. The molecule has 2 fully saturated rings. The van der Waals surface area contributed by atoms with Gasteiger partial charge in [-0.2, -0.15) is 4.57 Å². The number of nitrogens with zero attached hydrogens (tertiary/aromatic N) is 3. The van der Waals surface area contributed by atoms with Crippen LogP contribution < -0.4 is 19.7 Å². The molecule has 1 saturated carbocycles. The van der Waals surface area contributed by atoms with Crippen LogP contribution in [-0.4, -0.2) is 43.5 Å². The van der Waals surface area contributed by atoms with E-state index in [1.807, 2.05) is 12.1 Å². The Bertz CT molecular complexity index is 1660. The molecule has 0 spiro atoms. The molecule has 6 rings (SSSR count). The minimum absolute atomic E-state index is 0.105. The number of thiazole rings is 1. The molecule has 2 aromatic carbocycles. The number of aromatic nitrogens is 1. The molecule has 1 amide bonds. The average molecular weight is 564 g/mol. The van der Waals surface area contributed by atoms with Crippen molar-refractivity contribution in [3.8, 4) is 0 Å². The summed E-state index contributed by atoms with van der Waals surface area (Å²) in [5.41, 5.74) is 3.99. The van der Waals surface area contributed by atoms with Crippen LogP contribution in [-0.2, 0) is 11.3 Å². The number of benzene rings is 2. The van der Waals surface area contributed by atoms with Crippen LogP contribution in [0.15, 0.2) is 53.3 Å². The van der Waals surface area contributed by atoms with Crippen molar-refractivity contribution in [2.24, 2.45) is 0 Å². The number of carbonyl (C=O) groups excluding carboxylic acids is 1. The molecular formula is C28H25N3O4S3. The van der Waals surface area contributed by atoms with Crippen molar-refractivity contribution in [1.82, 2.24) is 9.47 Å². The minimum atomic E-state index is -1.41. The summed E-state index contributed by atoms with van der Waals surface area (Å²) in [5, 5.41) is 9.81. The van der Waals surface area contributed by atoms with Crippen molar-refractivity contribution in [3.05, 3.63) is 84.8 Å². The van der Waals surface area contributed by atoms with Crippen LogP contribution in [0.2, 0.25) is 0 Å². The molecule has 7 nitrogen and oxygen atoms in total. The van der Waals surface area contributed by atoms with E-state index in [-0.39, 0.29) is 20.0 Å². The first kappa shape index (κ1) is 25.1. The lowest BCUT2D eigenvalue weighted by Crippen LogP contribution is -2.37. The van der Waals surface area contributed by atoms with Crippen LogP contribution in [0.3, 0.4) is 0 Å². The highest BCUT2D eigenvalue weighted by atomic mass is 32.2. The first-order chi connectivity index (χ1) is 18.4. The molecule has 1 aromatic heterocycles. The maximum absolute atomic E-state index is 13.2. The Morgan fingerprint density at radius 2 is 1.95 bits per heavy atom. The van der Waals surface area contributed by atoms with Crippen molar-refractivity contribution < 1.29 is 14.7 Å². The van der Waals surface area contributed by atoms with Crippen molar-refractivity contribution in [2.75, 3.05) is 11.4 Å². The van der Waals surface area contributed by atoms with E-state index in [0.29, 0.717) is 27.4 Å². The topological polar surface area (TPSA) is 82.9 Å². The van der Waals surface area contributed by atoms with Gasteiger partial charge in [0.2, 0.25) is 0 Å². The number of hydrogen-bond donors (Lipinski definition) is 1. The van der Waals surface area contributed by atoms with Gasteiger partial charge in [0.05, 0.1) is 4.53 Å². The summed E-state index contributed by atoms with van der Waals surface area (Å²) >= 11 is 7.34. The van der Waals surface area contributed by atoms with Crippen molar-refractivity contribution >= 4 is 68.3 Å². The number of hydrogen-bond acceptors (Lipinski definition) is 7. The van der Waals surface area contributed by atoms with Crippen molar-refractivity contribution in [2.45, 2.75) is 44.7 Å². The van der Waals surface area contributed by atoms with Gasteiger partial charge >= 0.3 is 6.09 Å². The van der Waals surface area contributed by atoms with Crippen LogP contribution in [0.25, 0.3) is 11.0 Å². The number of thioether (sulfide) groups is 1. The molecule has 0 radical (unpaired) electrons. The second-order valence-corrected chi connectivity index (χ2v) is 12.3. The van der Waals surface area contributed by atoms with Gasteiger partial charge in [-0.25, -0.2) is 4.79 Å². The monoisotopic (exact) mass is 563 g/mol. The van der Waals surface area contributed by atoms with Gasteiger partial charge in [-0.15, -0.1) is 11.3 Å². The second-order valence-electron chi connectivity index (χ2n) is 9.62. The Balaban J connectivity index is 1.43. The molecule has 3 heterocycles. The summed E-state index contributed by atoms with van der Waals surface area (Å²) in [5.74, 6) is 0.0781. The fraction of sp³-hybridized carbons (Fsp3) is 0.286. The second kappa shape index (κ2) is 9.83. The first-order valence-corrected chi connectivity index (χ1v) is 14.6. The van der Waals surface area contributed by atoms with Crippen LogP contribution in [0.5, 0.6) is 0 Å². The summed E-state index contributed by atoms with van der Waals surface area (Å²) < 4.78 is 1.40. The van der Waals surface area contributed by atoms with Crippen LogP contribution in [0.4, 0.5) is 10.5 Å². The molecule has 3 aromatic rings. The fourth-order valence-corrected chi connectivity index (χ4v) is 8.42. The zero-order chi connectivity index (χ0) is 26.6. The van der Waals surface area contributed by atoms with E-state index >= 15 is 0 Å². The van der Waals surface area contributed by atoms with Gasteiger partial charge < -0.3 is 10.0 Å². The van der Waals surface area contributed by atoms with Gasteiger partial charge in [-0.3, -0.25) is 14.5 Å². The van der Waals surface area contributed by atoms with Gasteiger partial charge in [-0.1, -0.05) is 66.8 Å². The Hall–Kier alpha value is -3.21. The predicted octanol–water partition coefficient (Wildman–Crippen LogP) is 3.91. The Morgan fingerprint density at radius 3 is 2.66 bits per heavy atom. The number of carbonyl (C=O) groups is 2. The zero-order valence-corrected chi connectivity index (χ0v) is 23.1. The molecule has 1 N–H and O–H groups in total. The van der Waals surface area contributed by atoms with E-state index in [4.69, 9.17) is 12.2 Å². The molecule has 3 aliphatic rings. The smallest absolute Gasteiger partial charge is 0.419 e. The van der Waals surface area contributed by atoms with Gasteiger partial charge in [0, 0.05) is 30.7 Å².